The van der Waals surface area contributed by atoms with Crippen LogP contribution in [0.1, 0.15) is 37.0 Å². The number of aryl methyl sites for hydroxylation is 1. The van der Waals surface area contributed by atoms with Gasteiger partial charge in [0.05, 0.1) is 6.04 Å². The Kier molecular flexibility index (Phi) is 4.58. The summed E-state index contributed by atoms with van der Waals surface area (Å²) >= 11 is 0. The Morgan fingerprint density at radius 2 is 1.90 bits per heavy atom. The van der Waals surface area contributed by atoms with Crippen LogP contribution in [0.15, 0.2) is 40.8 Å². The number of benzene rings is 1. The van der Waals surface area contributed by atoms with Crippen LogP contribution in [-0.4, -0.2) is 5.91 Å². The van der Waals surface area contributed by atoms with Crippen LogP contribution < -0.4 is 10.6 Å². The summed E-state index contributed by atoms with van der Waals surface area (Å²) in [5.74, 6) is 1.81. The standard InChI is InChI=1S/C16H20N2O2/c1-11-4-9-16(20-11)12(2)17-10-14-5-7-15(8-6-14)18-13(3)19/h4-9,12,17H,10H2,1-3H3,(H,18,19). The van der Waals surface area contributed by atoms with E-state index >= 15 is 0 Å². The molecule has 0 spiro atoms. The van der Waals surface area contributed by atoms with E-state index in [1.165, 1.54) is 6.92 Å². The lowest BCUT2D eigenvalue weighted by Gasteiger charge is -2.12. The molecule has 0 aliphatic heterocycles. The molecule has 1 heterocycles. The lowest BCUT2D eigenvalue weighted by atomic mass is 10.2. The van der Waals surface area contributed by atoms with Crippen molar-refractivity contribution in [3.63, 3.8) is 0 Å². The van der Waals surface area contributed by atoms with E-state index in [1.807, 2.05) is 43.3 Å². The van der Waals surface area contributed by atoms with Crippen molar-refractivity contribution in [2.45, 2.75) is 33.4 Å². The molecule has 0 bridgehead atoms. The number of anilines is 1. The van der Waals surface area contributed by atoms with Gasteiger partial charge in [-0.3, -0.25) is 4.79 Å². The molecule has 106 valence electrons. The number of furan rings is 1. The predicted octanol–water partition coefficient (Wildman–Crippen LogP) is 3.40. The second-order valence-corrected chi connectivity index (χ2v) is 4.93. The Labute approximate surface area is 119 Å². The van der Waals surface area contributed by atoms with E-state index in [9.17, 15) is 4.79 Å². The Bertz CT molecular complexity index is 572. The lowest BCUT2D eigenvalue weighted by molar-refractivity contribution is -0.114. The maximum atomic E-state index is 10.9. The first-order valence-electron chi connectivity index (χ1n) is 6.71. The van der Waals surface area contributed by atoms with Gasteiger partial charge in [0, 0.05) is 19.2 Å². The fourth-order valence-electron chi connectivity index (χ4n) is 1.97. The van der Waals surface area contributed by atoms with Crippen molar-refractivity contribution in [1.29, 1.82) is 0 Å². The van der Waals surface area contributed by atoms with Gasteiger partial charge < -0.3 is 15.1 Å². The number of nitrogens with one attached hydrogen (secondary N) is 2. The fraction of sp³-hybridized carbons (Fsp3) is 0.312. The fourth-order valence-corrected chi connectivity index (χ4v) is 1.97. The predicted molar refractivity (Wildman–Crippen MR) is 79.4 cm³/mol. The Morgan fingerprint density at radius 3 is 2.45 bits per heavy atom. The molecule has 1 unspecified atom stereocenters. The van der Waals surface area contributed by atoms with Crippen LogP contribution >= 0.6 is 0 Å². The van der Waals surface area contributed by atoms with Crippen LogP contribution in [0, 0.1) is 6.92 Å². The summed E-state index contributed by atoms with van der Waals surface area (Å²) in [6.45, 7) is 6.27. The van der Waals surface area contributed by atoms with Crippen LogP contribution in [0.5, 0.6) is 0 Å². The summed E-state index contributed by atoms with van der Waals surface area (Å²) in [7, 11) is 0. The van der Waals surface area contributed by atoms with Gasteiger partial charge in [-0.15, -0.1) is 0 Å². The number of amides is 1. The summed E-state index contributed by atoms with van der Waals surface area (Å²) in [4.78, 5) is 10.9. The Balaban J connectivity index is 1.89. The quantitative estimate of drug-likeness (QED) is 0.877. The molecule has 1 aromatic heterocycles. The van der Waals surface area contributed by atoms with E-state index in [0.29, 0.717) is 0 Å². The molecule has 0 saturated carbocycles. The molecule has 0 fully saturated rings. The number of carbonyl (C=O) groups excluding carboxylic acids is 1. The van der Waals surface area contributed by atoms with E-state index in [4.69, 9.17) is 4.42 Å². The smallest absolute Gasteiger partial charge is 0.221 e. The molecule has 0 saturated heterocycles. The molecule has 20 heavy (non-hydrogen) atoms. The molecule has 0 aliphatic rings. The van der Waals surface area contributed by atoms with Crippen LogP contribution in [0.4, 0.5) is 5.69 Å². The molecule has 2 rings (SSSR count). The average Bonchev–Trinajstić information content (AvgIpc) is 2.84. The highest BCUT2D eigenvalue weighted by Crippen LogP contribution is 2.16. The zero-order valence-corrected chi connectivity index (χ0v) is 12.1. The van der Waals surface area contributed by atoms with Gasteiger partial charge in [-0.2, -0.15) is 0 Å². The zero-order valence-electron chi connectivity index (χ0n) is 12.1. The normalized spacial score (nSPS) is 12.2. The minimum Gasteiger partial charge on any atom is -0.465 e. The summed E-state index contributed by atoms with van der Waals surface area (Å²) < 4.78 is 5.59. The first kappa shape index (κ1) is 14.3. The zero-order chi connectivity index (χ0) is 14.5. The van der Waals surface area contributed by atoms with Crippen LogP contribution in [-0.2, 0) is 11.3 Å². The lowest BCUT2D eigenvalue weighted by Crippen LogP contribution is -2.17. The second-order valence-electron chi connectivity index (χ2n) is 4.93. The molecular formula is C16H20N2O2. The van der Waals surface area contributed by atoms with Gasteiger partial charge in [0.1, 0.15) is 11.5 Å². The largest absolute Gasteiger partial charge is 0.465 e. The van der Waals surface area contributed by atoms with Gasteiger partial charge in [-0.05, 0) is 43.7 Å². The van der Waals surface area contributed by atoms with Gasteiger partial charge >= 0.3 is 0 Å². The molecule has 1 amide bonds. The SMILES string of the molecule is CC(=O)Nc1ccc(CNC(C)c2ccc(C)o2)cc1. The van der Waals surface area contributed by atoms with E-state index in [0.717, 1.165) is 29.3 Å². The Hall–Kier alpha value is -2.07. The number of hydrogen-bond donors (Lipinski definition) is 2. The monoisotopic (exact) mass is 272 g/mol. The van der Waals surface area contributed by atoms with E-state index in [-0.39, 0.29) is 11.9 Å². The molecule has 0 radical (unpaired) electrons. The van der Waals surface area contributed by atoms with E-state index < -0.39 is 0 Å². The summed E-state index contributed by atoms with van der Waals surface area (Å²) in [6.07, 6.45) is 0. The third-order valence-corrected chi connectivity index (χ3v) is 3.07. The first-order valence-corrected chi connectivity index (χ1v) is 6.71. The molecule has 4 heteroatoms. The highest BCUT2D eigenvalue weighted by atomic mass is 16.3. The van der Waals surface area contributed by atoms with Crippen molar-refractivity contribution in [1.82, 2.24) is 5.32 Å². The molecule has 1 atom stereocenters. The molecule has 4 nitrogen and oxygen atoms in total. The highest BCUT2D eigenvalue weighted by molar-refractivity contribution is 5.88. The molecular weight excluding hydrogens is 252 g/mol. The van der Waals surface area contributed by atoms with Gasteiger partial charge in [0.15, 0.2) is 0 Å². The molecule has 1 aromatic carbocycles. The minimum atomic E-state index is -0.0577. The summed E-state index contributed by atoms with van der Waals surface area (Å²) in [6, 6.07) is 11.9. The minimum absolute atomic E-state index is 0.0577. The van der Waals surface area contributed by atoms with Crippen molar-refractivity contribution < 1.29 is 9.21 Å². The number of hydrogen-bond acceptors (Lipinski definition) is 3. The van der Waals surface area contributed by atoms with Crippen molar-refractivity contribution in [2.75, 3.05) is 5.32 Å². The topological polar surface area (TPSA) is 54.3 Å². The summed E-state index contributed by atoms with van der Waals surface area (Å²) in [5, 5.41) is 6.16. The maximum absolute atomic E-state index is 10.9. The van der Waals surface area contributed by atoms with E-state index in [2.05, 4.69) is 17.6 Å². The van der Waals surface area contributed by atoms with Gasteiger partial charge in [0.2, 0.25) is 5.91 Å². The average molecular weight is 272 g/mol. The van der Waals surface area contributed by atoms with Crippen LogP contribution in [0.3, 0.4) is 0 Å². The van der Waals surface area contributed by atoms with Gasteiger partial charge in [-0.1, -0.05) is 12.1 Å². The van der Waals surface area contributed by atoms with Crippen molar-refractivity contribution in [3.05, 3.63) is 53.5 Å². The summed E-state index contributed by atoms with van der Waals surface area (Å²) in [5.41, 5.74) is 1.98. The molecule has 2 N–H and O–H groups in total. The second kappa shape index (κ2) is 6.39. The van der Waals surface area contributed by atoms with Gasteiger partial charge in [-0.25, -0.2) is 0 Å². The molecule has 2 aromatic rings. The number of rotatable bonds is 5. The third kappa shape index (κ3) is 3.96. The first-order chi connectivity index (χ1) is 9.54. The van der Waals surface area contributed by atoms with Crippen molar-refractivity contribution in [3.8, 4) is 0 Å². The van der Waals surface area contributed by atoms with Crippen LogP contribution in [0.25, 0.3) is 0 Å². The highest BCUT2D eigenvalue weighted by Gasteiger charge is 2.08. The maximum Gasteiger partial charge on any atom is 0.221 e. The Morgan fingerprint density at radius 1 is 1.20 bits per heavy atom. The van der Waals surface area contributed by atoms with Gasteiger partial charge in [0.25, 0.3) is 0 Å². The van der Waals surface area contributed by atoms with E-state index in [1.54, 1.807) is 0 Å². The number of carbonyl (C=O) groups is 1. The van der Waals surface area contributed by atoms with Crippen molar-refractivity contribution >= 4 is 11.6 Å². The van der Waals surface area contributed by atoms with Crippen LogP contribution in [0.2, 0.25) is 0 Å². The third-order valence-electron chi connectivity index (χ3n) is 3.07. The van der Waals surface area contributed by atoms with Crippen molar-refractivity contribution in [2.24, 2.45) is 0 Å². The molecule has 0 aliphatic carbocycles.